The van der Waals surface area contributed by atoms with Gasteiger partial charge in [0.25, 0.3) is 6.43 Å². The van der Waals surface area contributed by atoms with Crippen LogP contribution in [0.1, 0.15) is 17.7 Å². The highest BCUT2D eigenvalue weighted by Gasteiger charge is 2.20. The van der Waals surface area contributed by atoms with Crippen LogP contribution in [0.4, 0.5) is 17.6 Å². The highest BCUT2D eigenvalue weighted by Crippen LogP contribution is 2.23. The summed E-state index contributed by atoms with van der Waals surface area (Å²) in [4.78, 5) is 13.1. The van der Waals surface area contributed by atoms with Crippen LogP contribution in [0, 0.1) is 11.8 Å². The first kappa shape index (κ1) is 11.4. The summed E-state index contributed by atoms with van der Waals surface area (Å²) in [5, 5.41) is 8.31. The van der Waals surface area contributed by atoms with Crippen molar-refractivity contribution in [2.75, 3.05) is 0 Å². The molecule has 3 nitrogen and oxygen atoms in total. The van der Waals surface area contributed by atoms with Gasteiger partial charge in [-0.15, -0.1) is 0 Å². The molecule has 82 valence electrons. The minimum Gasteiger partial charge on any atom is -0.481 e. The Kier molecular flexibility index (Phi) is 3.23. The van der Waals surface area contributed by atoms with Gasteiger partial charge in [0, 0.05) is 0 Å². The van der Waals surface area contributed by atoms with Gasteiger partial charge in [0.15, 0.2) is 5.82 Å². The number of halogens is 4. The Morgan fingerprint density at radius 1 is 1.47 bits per heavy atom. The first-order valence-corrected chi connectivity index (χ1v) is 3.76. The number of carbonyl (C=O) groups is 1. The molecule has 0 aliphatic heterocycles. The molecule has 1 aromatic heterocycles. The highest BCUT2D eigenvalue weighted by molar-refractivity contribution is 5.69. The molecule has 0 amide bonds. The maximum atomic E-state index is 12.7. The van der Waals surface area contributed by atoms with Crippen LogP contribution in [0.15, 0.2) is 6.07 Å². The van der Waals surface area contributed by atoms with E-state index in [1.54, 1.807) is 0 Å². The fraction of sp³-hybridized carbons (Fsp3) is 0.250. The Morgan fingerprint density at radius 3 is 2.53 bits per heavy atom. The van der Waals surface area contributed by atoms with Crippen LogP contribution in [0.5, 0.6) is 0 Å². The molecule has 1 heterocycles. The molecule has 0 atom stereocenters. The first-order chi connectivity index (χ1) is 6.91. The lowest BCUT2D eigenvalue weighted by Crippen LogP contribution is -2.07. The Balaban J connectivity index is 3.17. The predicted octanol–water partition coefficient (Wildman–Crippen LogP) is 1.92. The zero-order valence-corrected chi connectivity index (χ0v) is 7.18. The summed E-state index contributed by atoms with van der Waals surface area (Å²) in [7, 11) is 0. The molecular weight excluding hydrogens is 218 g/mol. The third kappa shape index (κ3) is 2.64. The summed E-state index contributed by atoms with van der Waals surface area (Å²) >= 11 is 0. The maximum absolute atomic E-state index is 12.7. The molecular formula is C8H5F4NO2. The fourth-order valence-electron chi connectivity index (χ4n) is 0.974. The van der Waals surface area contributed by atoms with Gasteiger partial charge in [0.05, 0.1) is 17.7 Å². The van der Waals surface area contributed by atoms with Gasteiger partial charge < -0.3 is 5.11 Å². The van der Waals surface area contributed by atoms with E-state index in [-0.39, 0.29) is 0 Å². The van der Waals surface area contributed by atoms with Gasteiger partial charge >= 0.3 is 5.97 Å². The smallest absolute Gasteiger partial charge is 0.309 e. The molecule has 0 fully saturated rings. The lowest BCUT2D eigenvalue weighted by molar-refractivity contribution is -0.136. The molecule has 7 heteroatoms. The summed E-state index contributed by atoms with van der Waals surface area (Å²) in [6.07, 6.45) is -3.95. The number of hydrogen-bond acceptors (Lipinski definition) is 2. The predicted molar refractivity (Wildman–Crippen MR) is 40.4 cm³/mol. The molecule has 0 aliphatic carbocycles. The quantitative estimate of drug-likeness (QED) is 0.629. The summed E-state index contributed by atoms with van der Waals surface area (Å²) < 4.78 is 49.6. The number of aromatic nitrogens is 1. The molecule has 0 saturated carbocycles. The topological polar surface area (TPSA) is 50.2 Å². The summed E-state index contributed by atoms with van der Waals surface area (Å²) in [6, 6.07) is 0.539. The second-order valence-corrected chi connectivity index (χ2v) is 2.68. The number of carboxylic acids is 1. The number of aliphatic carboxylic acids is 1. The normalized spacial score (nSPS) is 10.7. The second kappa shape index (κ2) is 4.24. The molecule has 0 bridgehead atoms. The molecule has 1 aromatic rings. The van der Waals surface area contributed by atoms with E-state index in [9.17, 15) is 22.4 Å². The van der Waals surface area contributed by atoms with Gasteiger partial charge in [-0.25, -0.2) is 18.2 Å². The van der Waals surface area contributed by atoms with E-state index in [1.165, 1.54) is 0 Å². The molecule has 0 aromatic carbocycles. The van der Waals surface area contributed by atoms with Crippen molar-refractivity contribution in [3.05, 3.63) is 29.1 Å². The van der Waals surface area contributed by atoms with Crippen molar-refractivity contribution < 1.29 is 27.5 Å². The summed E-state index contributed by atoms with van der Waals surface area (Å²) in [5.41, 5.74) is -1.63. The van der Waals surface area contributed by atoms with Crippen molar-refractivity contribution in [2.45, 2.75) is 12.8 Å². The average molecular weight is 223 g/mol. The molecule has 1 N–H and O–H groups in total. The number of hydrogen-bond donors (Lipinski definition) is 1. The van der Waals surface area contributed by atoms with Gasteiger partial charge in [0.1, 0.15) is 0 Å². The zero-order valence-electron chi connectivity index (χ0n) is 7.18. The van der Waals surface area contributed by atoms with E-state index in [0.29, 0.717) is 6.07 Å². The molecule has 0 saturated heterocycles. The number of rotatable bonds is 3. The first-order valence-electron chi connectivity index (χ1n) is 3.76. The van der Waals surface area contributed by atoms with Crippen molar-refractivity contribution in [2.24, 2.45) is 0 Å². The SMILES string of the molecule is O=C(O)Cc1cc(C(F)F)c(F)c(F)n1. The Bertz CT molecular complexity index is 394. The van der Waals surface area contributed by atoms with Gasteiger partial charge in [-0.3, -0.25) is 4.79 Å². The number of alkyl halides is 2. The average Bonchev–Trinajstić information content (AvgIpc) is 2.09. The molecule has 1 rings (SSSR count). The highest BCUT2D eigenvalue weighted by atomic mass is 19.3. The van der Waals surface area contributed by atoms with Crippen LogP contribution >= 0.6 is 0 Å². The van der Waals surface area contributed by atoms with E-state index >= 15 is 0 Å². The van der Waals surface area contributed by atoms with Crippen LogP contribution < -0.4 is 0 Å². The van der Waals surface area contributed by atoms with Gasteiger partial charge in [-0.1, -0.05) is 0 Å². The Labute approximate surface area is 81.4 Å². The van der Waals surface area contributed by atoms with E-state index in [0.717, 1.165) is 0 Å². The summed E-state index contributed by atoms with van der Waals surface area (Å²) in [6.45, 7) is 0. The van der Waals surface area contributed by atoms with Crippen LogP contribution in [0.2, 0.25) is 0 Å². The lowest BCUT2D eigenvalue weighted by Gasteiger charge is -2.04. The minimum atomic E-state index is -3.21. The van der Waals surface area contributed by atoms with Crippen LogP contribution in [-0.4, -0.2) is 16.1 Å². The number of nitrogens with zero attached hydrogens (tertiary/aromatic N) is 1. The largest absolute Gasteiger partial charge is 0.481 e. The van der Waals surface area contributed by atoms with E-state index in [1.807, 2.05) is 0 Å². The van der Waals surface area contributed by atoms with Crippen molar-refractivity contribution in [3.63, 3.8) is 0 Å². The van der Waals surface area contributed by atoms with Gasteiger partial charge in [-0.05, 0) is 6.07 Å². The number of carboxylic acid groups (broad SMARTS) is 1. The third-order valence-electron chi connectivity index (χ3n) is 1.57. The van der Waals surface area contributed by atoms with E-state index < -0.39 is 41.8 Å². The summed E-state index contributed by atoms with van der Waals surface area (Å²) in [5.74, 6) is -4.84. The number of pyridine rings is 1. The van der Waals surface area contributed by atoms with Crippen LogP contribution in [-0.2, 0) is 11.2 Å². The fourth-order valence-corrected chi connectivity index (χ4v) is 0.974. The third-order valence-corrected chi connectivity index (χ3v) is 1.57. The van der Waals surface area contributed by atoms with E-state index in [2.05, 4.69) is 4.98 Å². The van der Waals surface area contributed by atoms with Crippen molar-refractivity contribution in [1.82, 2.24) is 4.98 Å². The molecule has 0 spiro atoms. The second-order valence-electron chi connectivity index (χ2n) is 2.68. The zero-order chi connectivity index (χ0) is 11.6. The Hall–Kier alpha value is -1.66. The monoisotopic (exact) mass is 223 g/mol. The van der Waals surface area contributed by atoms with Crippen LogP contribution in [0.25, 0.3) is 0 Å². The van der Waals surface area contributed by atoms with Crippen molar-refractivity contribution in [1.29, 1.82) is 0 Å². The molecule has 15 heavy (non-hydrogen) atoms. The maximum Gasteiger partial charge on any atom is 0.309 e. The van der Waals surface area contributed by atoms with Crippen LogP contribution in [0.3, 0.4) is 0 Å². The molecule has 0 unspecified atom stereocenters. The van der Waals surface area contributed by atoms with Gasteiger partial charge in [-0.2, -0.15) is 4.39 Å². The molecule has 0 aliphatic rings. The lowest BCUT2D eigenvalue weighted by atomic mass is 10.2. The Morgan fingerprint density at radius 2 is 2.07 bits per heavy atom. The standard InChI is InChI=1S/C8H5F4NO2/c9-6-4(7(10)11)1-3(2-5(14)15)13-8(6)12/h1,7H,2H2,(H,14,15). The van der Waals surface area contributed by atoms with Crippen molar-refractivity contribution in [3.8, 4) is 0 Å². The van der Waals surface area contributed by atoms with Crippen molar-refractivity contribution >= 4 is 5.97 Å². The van der Waals surface area contributed by atoms with Gasteiger partial charge in [0.2, 0.25) is 5.95 Å². The van der Waals surface area contributed by atoms with E-state index in [4.69, 9.17) is 5.11 Å². The minimum absolute atomic E-state index is 0.447. The molecule has 0 radical (unpaired) electrons.